The van der Waals surface area contributed by atoms with Gasteiger partial charge in [0.25, 0.3) is 5.91 Å². The predicted molar refractivity (Wildman–Crippen MR) is 105 cm³/mol. The number of thiophene rings is 1. The molecule has 0 fully saturated rings. The first-order chi connectivity index (χ1) is 12.0. The van der Waals surface area contributed by atoms with Gasteiger partial charge >= 0.3 is 0 Å². The molecule has 0 bridgehead atoms. The summed E-state index contributed by atoms with van der Waals surface area (Å²) in [5, 5.41) is 0.698. The Bertz CT molecular complexity index is 899. The molecule has 0 aliphatic rings. The number of imidazole rings is 1. The Morgan fingerprint density at radius 2 is 2.08 bits per heavy atom. The van der Waals surface area contributed by atoms with Crippen LogP contribution in [0.1, 0.15) is 40.6 Å². The standard InChI is InChI=1S/C19H22ClN3OS/c1-4-10-22(19(24)17-9-6-13(3)25-17)12-18-21-15-8-7-14(20)11-16(15)23(18)5-2/h6-9,11H,4-5,10,12H2,1-3H3. The number of aromatic nitrogens is 2. The van der Waals surface area contributed by atoms with Gasteiger partial charge < -0.3 is 9.47 Å². The van der Waals surface area contributed by atoms with Crippen molar-refractivity contribution < 1.29 is 4.79 Å². The summed E-state index contributed by atoms with van der Waals surface area (Å²) in [6.45, 7) is 8.19. The number of nitrogens with zero attached hydrogens (tertiary/aromatic N) is 3. The SMILES string of the molecule is CCCN(Cc1nc2ccc(Cl)cc2n1CC)C(=O)c1ccc(C)s1. The Hall–Kier alpha value is -1.85. The molecule has 6 heteroatoms. The van der Waals surface area contributed by atoms with E-state index in [9.17, 15) is 4.79 Å². The minimum absolute atomic E-state index is 0.0766. The number of fused-ring (bicyclic) bond motifs is 1. The van der Waals surface area contributed by atoms with Gasteiger partial charge in [-0.05, 0) is 50.6 Å². The van der Waals surface area contributed by atoms with Gasteiger partial charge in [-0.25, -0.2) is 4.98 Å². The zero-order valence-electron chi connectivity index (χ0n) is 14.8. The van der Waals surface area contributed by atoms with E-state index < -0.39 is 0 Å². The first kappa shape index (κ1) is 18.0. The maximum Gasteiger partial charge on any atom is 0.264 e. The number of halogens is 1. The van der Waals surface area contributed by atoms with E-state index >= 15 is 0 Å². The number of aryl methyl sites for hydroxylation is 2. The Morgan fingerprint density at radius 1 is 1.28 bits per heavy atom. The molecule has 0 saturated carbocycles. The Labute approximate surface area is 157 Å². The van der Waals surface area contributed by atoms with E-state index in [1.54, 1.807) is 11.3 Å². The fourth-order valence-electron chi connectivity index (χ4n) is 3.02. The van der Waals surface area contributed by atoms with Crippen molar-refractivity contribution in [1.29, 1.82) is 0 Å². The van der Waals surface area contributed by atoms with Crippen LogP contribution in [0.5, 0.6) is 0 Å². The molecule has 0 aliphatic heterocycles. The molecule has 0 atom stereocenters. The van der Waals surface area contributed by atoms with Gasteiger partial charge in [0.2, 0.25) is 0 Å². The maximum atomic E-state index is 12.9. The largest absolute Gasteiger partial charge is 0.330 e. The molecule has 2 heterocycles. The third-order valence-electron chi connectivity index (χ3n) is 4.17. The van der Waals surface area contributed by atoms with Crippen molar-refractivity contribution >= 4 is 39.9 Å². The molecule has 0 N–H and O–H groups in total. The second-order valence-corrected chi connectivity index (χ2v) is 7.77. The third-order valence-corrected chi connectivity index (χ3v) is 5.39. The van der Waals surface area contributed by atoms with Crippen molar-refractivity contribution in [1.82, 2.24) is 14.5 Å². The second kappa shape index (κ2) is 7.58. The van der Waals surface area contributed by atoms with Gasteiger partial charge in [-0.15, -0.1) is 11.3 Å². The van der Waals surface area contributed by atoms with Crippen LogP contribution in [0.3, 0.4) is 0 Å². The average Bonchev–Trinajstić information content (AvgIpc) is 3.16. The van der Waals surface area contributed by atoms with Crippen LogP contribution in [0.2, 0.25) is 5.02 Å². The van der Waals surface area contributed by atoms with E-state index in [1.807, 2.05) is 42.2 Å². The van der Waals surface area contributed by atoms with Crippen LogP contribution >= 0.6 is 22.9 Å². The van der Waals surface area contributed by atoms with E-state index in [-0.39, 0.29) is 5.91 Å². The molecule has 0 saturated heterocycles. The molecule has 4 nitrogen and oxygen atoms in total. The van der Waals surface area contributed by atoms with E-state index in [1.165, 1.54) is 0 Å². The Balaban J connectivity index is 1.94. The lowest BCUT2D eigenvalue weighted by Gasteiger charge is -2.21. The van der Waals surface area contributed by atoms with Crippen LogP contribution in [0.4, 0.5) is 0 Å². The summed E-state index contributed by atoms with van der Waals surface area (Å²) in [5.74, 6) is 0.975. The third kappa shape index (κ3) is 3.72. The molecule has 3 rings (SSSR count). The lowest BCUT2D eigenvalue weighted by molar-refractivity contribution is 0.0742. The molecule has 0 radical (unpaired) electrons. The summed E-state index contributed by atoms with van der Waals surface area (Å²) in [4.78, 5) is 21.5. The molecule has 0 spiro atoms. The number of rotatable bonds is 6. The summed E-state index contributed by atoms with van der Waals surface area (Å²) in [6, 6.07) is 9.62. The van der Waals surface area contributed by atoms with Gasteiger partial charge in [0.05, 0.1) is 22.5 Å². The van der Waals surface area contributed by atoms with E-state index in [2.05, 4.69) is 18.4 Å². The number of benzene rings is 1. The van der Waals surface area contributed by atoms with Gasteiger partial charge in [-0.3, -0.25) is 4.79 Å². The van der Waals surface area contributed by atoms with Crippen molar-refractivity contribution in [2.45, 2.75) is 40.3 Å². The van der Waals surface area contributed by atoms with E-state index in [0.29, 0.717) is 18.1 Å². The van der Waals surface area contributed by atoms with Gasteiger partial charge in [0.15, 0.2) is 0 Å². The predicted octanol–water partition coefficient (Wildman–Crippen LogP) is 5.13. The quantitative estimate of drug-likeness (QED) is 0.598. The zero-order chi connectivity index (χ0) is 18.0. The molecule has 1 aromatic carbocycles. The molecule has 1 amide bonds. The molecule has 3 aromatic rings. The fraction of sp³-hybridized carbons (Fsp3) is 0.368. The molecule has 132 valence electrons. The number of carbonyl (C=O) groups excluding carboxylic acids is 1. The molecular weight excluding hydrogens is 354 g/mol. The first-order valence-corrected chi connectivity index (χ1v) is 9.73. The second-order valence-electron chi connectivity index (χ2n) is 6.04. The highest BCUT2D eigenvalue weighted by Gasteiger charge is 2.20. The van der Waals surface area contributed by atoms with E-state index in [0.717, 1.165) is 39.6 Å². The van der Waals surface area contributed by atoms with Gasteiger partial charge in [-0.1, -0.05) is 18.5 Å². The molecule has 0 aliphatic carbocycles. The summed E-state index contributed by atoms with van der Waals surface area (Å²) >= 11 is 7.68. The molecule has 25 heavy (non-hydrogen) atoms. The lowest BCUT2D eigenvalue weighted by atomic mass is 10.3. The first-order valence-electron chi connectivity index (χ1n) is 8.53. The van der Waals surface area contributed by atoms with Crippen LogP contribution < -0.4 is 0 Å². The molecular formula is C19H22ClN3OS. The van der Waals surface area contributed by atoms with Crippen LogP contribution in [0.15, 0.2) is 30.3 Å². The van der Waals surface area contributed by atoms with Crippen molar-refractivity contribution in [2.24, 2.45) is 0 Å². The summed E-state index contributed by atoms with van der Waals surface area (Å²) in [5.41, 5.74) is 1.93. The monoisotopic (exact) mass is 375 g/mol. The number of carbonyl (C=O) groups is 1. The fourth-order valence-corrected chi connectivity index (χ4v) is 4.02. The highest BCUT2D eigenvalue weighted by molar-refractivity contribution is 7.13. The lowest BCUT2D eigenvalue weighted by Crippen LogP contribution is -2.32. The Morgan fingerprint density at radius 3 is 2.72 bits per heavy atom. The van der Waals surface area contributed by atoms with Crippen LogP contribution in [0.25, 0.3) is 11.0 Å². The van der Waals surface area contributed by atoms with Crippen LogP contribution in [0, 0.1) is 6.92 Å². The van der Waals surface area contributed by atoms with Crippen molar-refractivity contribution in [3.63, 3.8) is 0 Å². The smallest absolute Gasteiger partial charge is 0.264 e. The number of hydrogen-bond donors (Lipinski definition) is 0. The van der Waals surface area contributed by atoms with Crippen LogP contribution in [-0.2, 0) is 13.1 Å². The minimum Gasteiger partial charge on any atom is -0.330 e. The highest BCUT2D eigenvalue weighted by Crippen LogP contribution is 2.23. The zero-order valence-corrected chi connectivity index (χ0v) is 16.3. The molecule has 2 aromatic heterocycles. The normalized spacial score (nSPS) is 11.2. The van der Waals surface area contributed by atoms with Gasteiger partial charge in [-0.2, -0.15) is 0 Å². The number of hydrogen-bond acceptors (Lipinski definition) is 3. The van der Waals surface area contributed by atoms with Crippen molar-refractivity contribution in [2.75, 3.05) is 6.54 Å². The number of amides is 1. The van der Waals surface area contributed by atoms with Crippen LogP contribution in [-0.4, -0.2) is 26.9 Å². The Kier molecular flexibility index (Phi) is 5.45. The minimum atomic E-state index is 0.0766. The topological polar surface area (TPSA) is 38.1 Å². The summed E-state index contributed by atoms with van der Waals surface area (Å²) < 4.78 is 2.14. The summed E-state index contributed by atoms with van der Waals surface area (Å²) in [6.07, 6.45) is 0.911. The van der Waals surface area contributed by atoms with Crippen molar-refractivity contribution in [3.8, 4) is 0 Å². The van der Waals surface area contributed by atoms with Gasteiger partial charge in [0, 0.05) is 23.0 Å². The average molecular weight is 376 g/mol. The molecule has 0 unspecified atom stereocenters. The highest BCUT2D eigenvalue weighted by atomic mass is 35.5. The maximum absolute atomic E-state index is 12.9. The van der Waals surface area contributed by atoms with Crippen molar-refractivity contribution in [3.05, 3.63) is 50.9 Å². The van der Waals surface area contributed by atoms with Gasteiger partial charge in [0.1, 0.15) is 5.82 Å². The summed E-state index contributed by atoms with van der Waals surface area (Å²) in [7, 11) is 0. The van der Waals surface area contributed by atoms with E-state index in [4.69, 9.17) is 16.6 Å².